The van der Waals surface area contributed by atoms with Crippen LogP contribution in [0.25, 0.3) is 0 Å². The number of nitrogen functional groups attached to an aromatic ring is 1. The third-order valence-corrected chi connectivity index (χ3v) is 2.90. The highest BCUT2D eigenvalue weighted by atomic mass is 35.5. The first kappa shape index (κ1) is 11.2. The van der Waals surface area contributed by atoms with Crippen molar-refractivity contribution in [3.05, 3.63) is 23.2 Å². The van der Waals surface area contributed by atoms with Crippen LogP contribution in [0.3, 0.4) is 0 Å². The Balaban J connectivity index is 2.55. The van der Waals surface area contributed by atoms with Gasteiger partial charge in [0, 0.05) is 27.8 Å². The van der Waals surface area contributed by atoms with E-state index in [1.54, 1.807) is 12.1 Å². The molecule has 0 fully saturated rings. The van der Waals surface area contributed by atoms with Gasteiger partial charge < -0.3 is 11.5 Å². The number of halogens is 1. The van der Waals surface area contributed by atoms with Gasteiger partial charge in [-0.3, -0.25) is 4.79 Å². The van der Waals surface area contributed by atoms with Gasteiger partial charge in [-0.1, -0.05) is 11.6 Å². The molecule has 0 spiro atoms. The summed E-state index contributed by atoms with van der Waals surface area (Å²) in [4.78, 5) is 11.4. The summed E-state index contributed by atoms with van der Waals surface area (Å²) in [5.74, 6) is 0.339. The van der Waals surface area contributed by atoms with E-state index in [1.807, 2.05) is 6.07 Å². The predicted octanol–water partition coefficient (Wildman–Crippen LogP) is 1.89. The van der Waals surface area contributed by atoms with Gasteiger partial charge >= 0.3 is 0 Å². The maximum atomic E-state index is 10.5. The molecular formula is C9H11ClN2OS. The minimum atomic E-state index is -0.301. The quantitative estimate of drug-likeness (QED) is 0.613. The van der Waals surface area contributed by atoms with E-state index in [2.05, 4.69) is 0 Å². The number of carbonyl (C=O) groups is 1. The molecule has 0 bridgehead atoms. The molecule has 0 saturated carbocycles. The average molecular weight is 231 g/mol. The summed E-state index contributed by atoms with van der Waals surface area (Å²) < 4.78 is 0. The maximum absolute atomic E-state index is 10.5. The van der Waals surface area contributed by atoms with Gasteiger partial charge in [-0.25, -0.2) is 0 Å². The van der Waals surface area contributed by atoms with Gasteiger partial charge in [-0.2, -0.15) is 0 Å². The molecule has 4 N–H and O–H groups in total. The third-order valence-electron chi connectivity index (χ3n) is 1.58. The molecule has 1 aromatic carbocycles. The summed E-state index contributed by atoms with van der Waals surface area (Å²) in [6.45, 7) is 0. The van der Waals surface area contributed by atoms with E-state index in [0.29, 0.717) is 22.9 Å². The van der Waals surface area contributed by atoms with E-state index in [0.717, 1.165) is 4.90 Å². The van der Waals surface area contributed by atoms with Crippen LogP contribution in [0.1, 0.15) is 6.42 Å². The number of carbonyl (C=O) groups excluding carboxylic acids is 1. The highest BCUT2D eigenvalue weighted by Gasteiger charge is 2.01. The van der Waals surface area contributed by atoms with Crippen LogP contribution in [-0.4, -0.2) is 11.7 Å². The first-order chi connectivity index (χ1) is 6.59. The van der Waals surface area contributed by atoms with E-state index in [-0.39, 0.29) is 5.91 Å². The van der Waals surface area contributed by atoms with Gasteiger partial charge in [0.1, 0.15) is 0 Å². The second-order valence-corrected chi connectivity index (χ2v) is 4.32. The molecule has 1 rings (SSSR count). The van der Waals surface area contributed by atoms with Crippen LogP contribution in [0, 0.1) is 0 Å². The second-order valence-electron chi connectivity index (χ2n) is 2.75. The standard InChI is InChI=1S/C9H11ClN2OS/c10-6-1-2-8(7(11)5-6)14-4-3-9(12)13/h1-2,5H,3-4,11H2,(H2,12,13). The van der Waals surface area contributed by atoms with Gasteiger partial charge in [0.05, 0.1) is 0 Å². The van der Waals surface area contributed by atoms with Gasteiger partial charge in [-0.05, 0) is 18.2 Å². The smallest absolute Gasteiger partial charge is 0.218 e. The molecule has 76 valence electrons. The molecule has 3 nitrogen and oxygen atoms in total. The van der Waals surface area contributed by atoms with Crippen LogP contribution in [-0.2, 0) is 4.79 Å². The fourth-order valence-electron chi connectivity index (χ4n) is 0.912. The number of rotatable bonds is 4. The fourth-order valence-corrected chi connectivity index (χ4v) is 2.01. The lowest BCUT2D eigenvalue weighted by Gasteiger charge is -2.04. The summed E-state index contributed by atoms with van der Waals surface area (Å²) in [5.41, 5.74) is 11.4. The Morgan fingerprint density at radius 1 is 1.50 bits per heavy atom. The zero-order valence-electron chi connectivity index (χ0n) is 7.50. The largest absolute Gasteiger partial charge is 0.398 e. The highest BCUT2D eigenvalue weighted by Crippen LogP contribution is 2.27. The summed E-state index contributed by atoms with van der Waals surface area (Å²) in [7, 11) is 0. The molecule has 1 amide bonds. The van der Waals surface area contributed by atoms with Crippen molar-refractivity contribution >= 4 is 35.0 Å². The van der Waals surface area contributed by atoms with Gasteiger partial charge in [0.15, 0.2) is 0 Å². The normalized spacial score (nSPS) is 10.1. The number of amides is 1. The van der Waals surface area contributed by atoms with Crippen LogP contribution in [0.5, 0.6) is 0 Å². The van der Waals surface area contributed by atoms with Crippen molar-refractivity contribution in [3.63, 3.8) is 0 Å². The molecule has 0 unspecified atom stereocenters. The summed E-state index contributed by atoms with van der Waals surface area (Å²) >= 11 is 7.24. The van der Waals surface area contributed by atoms with Gasteiger partial charge in [0.2, 0.25) is 5.91 Å². The number of hydrogen-bond acceptors (Lipinski definition) is 3. The van der Waals surface area contributed by atoms with Gasteiger partial charge in [-0.15, -0.1) is 11.8 Å². The maximum Gasteiger partial charge on any atom is 0.218 e. The number of benzene rings is 1. The van der Waals surface area contributed by atoms with Crippen molar-refractivity contribution in [2.45, 2.75) is 11.3 Å². The Kier molecular flexibility index (Phi) is 4.10. The SMILES string of the molecule is NC(=O)CCSc1ccc(Cl)cc1N. The second kappa shape index (κ2) is 5.12. The Labute approximate surface area is 91.8 Å². The van der Waals surface area contributed by atoms with E-state index < -0.39 is 0 Å². The lowest BCUT2D eigenvalue weighted by atomic mass is 10.3. The van der Waals surface area contributed by atoms with Crippen LogP contribution >= 0.6 is 23.4 Å². The Bertz CT molecular complexity index is 344. The zero-order chi connectivity index (χ0) is 10.6. The lowest BCUT2D eigenvalue weighted by molar-refractivity contribution is -0.117. The Hall–Kier alpha value is -0.870. The Morgan fingerprint density at radius 3 is 2.79 bits per heavy atom. The molecule has 0 aromatic heterocycles. The fraction of sp³-hybridized carbons (Fsp3) is 0.222. The topological polar surface area (TPSA) is 69.1 Å². The molecule has 14 heavy (non-hydrogen) atoms. The van der Waals surface area contributed by atoms with E-state index >= 15 is 0 Å². The van der Waals surface area contributed by atoms with Crippen LogP contribution in [0.2, 0.25) is 5.02 Å². The summed E-state index contributed by atoms with van der Waals surface area (Å²) in [5, 5.41) is 0.613. The molecule has 0 saturated heterocycles. The predicted molar refractivity (Wildman–Crippen MR) is 60.4 cm³/mol. The van der Waals surface area contributed by atoms with Crippen molar-refractivity contribution < 1.29 is 4.79 Å². The minimum Gasteiger partial charge on any atom is -0.398 e. The first-order valence-electron chi connectivity index (χ1n) is 4.05. The molecular weight excluding hydrogens is 220 g/mol. The van der Waals surface area contributed by atoms with Crippen molar-refractivity contribution in [3.8, 4) is 0 Å². The number of hydrogen-bond donors (Lipinski definition) is 2. The first-order valence-corrected chi connectivity index (χ1v) is 5.42. The van der Waals surface area contributed by atoms with Crippen LogP contribution in [0.4, 0.5) is 5.69 Å². The molecule has 5 heteroatoms. The number of thioether (sulfide) groups is 1. The molecule has 1 aromatic rings. The Morgan fingerprint density at radius 2 is 2.21 bits per heavy atom. The van der Waals surface area contributed by atoms with Crippen LogP contribution in [0.15, 0.2) is 23.1 Å². The highest BCUT2D eigenvalue weighted by molar-refractivity contribution is 7.99. The number of nitrogens with two attached hydrogens (primary N) is 2. The van der Waals surface area contributed by atoms with Crippen LogP contribution < -0.4 is 11.5 Å². The van der Waals surface area contributed by atoms with E-state index in [9.17, 15) is 4.79 Å². The van der Waals surface area contributed by atoms with E-state index in [4.69, 9.17) is 23.1 Å². The van der Waals surface area contributed by atoms with Crippen molar-refractivity contribution in [1.29, 1.82) is 0 Å². The molecule has 0 aliphatic heterocycles. The average Bonchev–Trinajstić information content (AvgIpc) is 2.08. The van der Waals surface area contributed by atoms with E-state index in [1.165, 1.54) is 11.8 Å². The summed E-state index contributed by atoms with van der Waals surface area (Å²) in [6.07, 6.45) is 0.354. The zero-order valence-corrected chi connectivity index (χ0v) is 9.07. The molecule has 0 atom stereocenters. The minimum absolute atomic E-state index is 0.301. The molecule has 0 aliphatic rings. The van der Waals surface area contributed by atoms with Crippen molar-refractivity contribution in [2.24, 2.45) is 5.73 Å². The molecule has 0 aliphatic carbocycles. The monoisotopic (exact) mass is 230 g/mol. The summed E-state index contributed by atoms with van der Waals surface area (Å²) in [6, 6.07) is 5.29. The molecule has 0 heterocycles. The van der Waals surface area contributed by atoms with Gasteiger partial charge in [0.25, 0.3) is 0 Å². The third kappa shape index (κ3) is 3.47. The number of anilines is 1. The molecule has 0 radical (unpaired) electrons. The lowest BCUT2D eigenvalue weighted by Crippen LogP contribution is -2.10. The van der Waals surface area contributed by atoms with Crippen molar-refractivity contribution in [2.75, 3.05) is 11.5 Å². The van der Waals surface area contributed by atoms with Crippen molar-refractivity contribution in [1.82, 2.24) is 0 Å². The number of primary amides is 1.